The van der Waals surface area contributed by atoms with E-state index in [4.69, 9.17) is 9.47 Å². The zero-order chi connectivity index (χ0) is 5.33. The molecule has 0 unspecified atom stereocenters. The third-order valence-electron chi connectivity index (χ3n) is 0.983. The summed E-state index contributed by atoms with van der Waals surface area (Å²) in [6.07, 6.45) is 0. The van der Waals surface area contributed by atoms with Crippen LogP contribution < -0.4 is 0 Å². The molecule has 43 valence electrons. The molecule has 8 heavy (non-hydrogen) atoms. The summed E-state index contributed by atoms with van der Waals surface area (Å²) >= 11 is 0. The van der Waals surface area contributed by atoms with Gasteiger partial charge < -0.3 is 9.47 Å². The third-order valence-corrected chi connectivity index (χ3v) is 0.983. The van der Waals surface area contributed by atoms with Crippen molar-refractivity contribution in [2.75, 3.05) is 13.2 Å². The van der Waals surface area contributed by atoms with Gasteiger partial charge >= 0.3 is 0 Å². The van der Waals surface area contributed by atoms with Gasteiger partial charge in [0.1, 0.15) is 0 Å². The van der Waals surface area contributed by atoms with Crippen LogP contribution in [-0.2, 0) is 9.47 Å². The van der Waals surface area contributed by atoms with Gasteiger partial charge in [0, 0.05) is 51.4 Å². The molecule has 0 amide bonds. The van der Waals surface area contributed by atoms with Crippen LogP contribution in [0.2, 0.25) is 0 Å². The van der Waals surface area contributed by atoms with Crippen LogP contribution in [0.25, 0.3) is 0 Å². The van der Waals surface area contributed by atoms with E-state index in [1.807, 2.05) is 13.8 Å². The van der Waals surface area contributed by atoms with E-state index in [1.54, 1.807) is 0 Å². The van der Waals surface area contributed by atoms with Crippen LogP contribution in [-0.4, -0.2) is 70.4 Å². The summed E-state index contributed by atoms with van der Waals surface area (Å²) in [4.78, 5) is 0. The fourth-order valence-corrected chi connectivity index (χ4v) is 0.617. The number of hydrogen-bond acceptors (Lipinski definition) is 2. The van der Waals surface area contributed by atoms with Gasteiger partial charge in [0.2, 0.25) is 0 Å². The van der Waals surface area contributed by atoms with E-state index < -0.39 is 0 Å². The molecule has 1 heterocycles. The van der Waals surface area contributed by atoms with E-state index in [1.165, 1.54) is 0 Å². The molecule has 1 fully saturated rings. The Kier molecular flexibility index (Phi) is 4.37. The molecule has 1 saturated heterocycles. The maximum Gasteiger partial charge on any atom is 0.162 e. The molecule has 0 spiro atoms. The number of ether oxygens (including phenoxy) is 2. The van der Waals surface area contributed by atoms with Crippen molar-refractivity contribution in [2.24, 2.45) is 0 Å². The van der Waals surface area contributed by atoms with Crippen LogP contribution in [0.15, 0.2) is 0 Å². The average molecular weight is 141 g/mol. The molecule has 0 bridgehead atoms. The quantitative estimate of drug-likeness (QED) is 0.454. The van der Waals surface area contributed by atoms with E-state index in [0.29, 0.717) is 0 Å². The Morgan fingerprint density at radius 2 is 1.50 bits per heavy atom. The Balaban J connectivity index is 0.000000490. The normalized spacial score (nSPS) is 24.8. The summed E-state index contributed by atoms with van der Waals surface area (Å²) in [6.45, 7) is 5.32. The zero-order valence-corrected chi connectivity index (χ0v) is 8.85. The van der Waals surface area contributed by atoms with Crippen molar-refractivity contribution in [1.82, 2.24) is 0 Å². The van der Waals surface area contributed by atoms with E-state index in [2.05, 4.69) is 0 Å². The molecule has 0 saturated carbocycles. The fraction of sp³-hybridized carbons (Fsp3) is 1.00. The van der Waals surface area contributed by atoms with Gasteiger partial charge in [0.05, 0.1) is 13.2 Å². The molecule has 1 aliphatic heterocycles. The molecule has 1 radical (unpaired) electrons. The van der Waals surface area contributed by atoms with Crippen LogP contribution in [0.3, 0.4) is 0 Å². The van der Waals surface area contributed by atoms with Crippen LogP contribution in [0.5, 0.6) is 0 Å². The van der Waals surface area contributed by atoms with E-state index in [0.717, 1.165) is 13.2 Å². The molecule has 0 aromatic heterocycles. The molecule has 0 atom stereocenters. The van der Waals surface area contributed by atoms with Crippen LogP contribution in [0.1, 0.15) is 13.8 Å². The maximum atomic E-state index is 5.12. The van der Waals surface area contributed by atoms with E-state index >= 15 is 0 Å². The summed E-state index contributed by atoms with van der Waals surface area (Å²) in [5.74, 6) is -0.306. The molecule has 0 aromatic carbocycles. The van der Waals surface area contributed by atoms with Crippen LogP contribution in [0, 0.1) is 0 Å². The maximum absolute atomic E-state index is 5.12. The van der Waals surface area contributed by atoms with Gasteiger partial charge in [-0.15, -0.1) is 0 Å². The Morgan fingerprint density at radius 1 is 1.12 bits per heavy atom. The minimum atomic E-state index is -0.306. The molecule has 0 aliphatic carbocycles. The van der Waals surface area contributed by atoms with Gasteiger partial charge in [-0.2, -0.15) is 0 Å². The van der Waals surface area contributed by atoms with Crippen molar-refractivity contribution < 1.29 is 9.47 Å². The minimum absolute atomic E-state index is 0. The van der Waals surface area contributed by atoms with Crippen LogP contribution >= 0.6 is 0 Å². The van der Waals surface area contributed by atoms with Crippen molar-refractivity contribution in [3.05, 3.63) is 0 Å². The summed E-state index contributed by atoms with van der Waals surface area (Å²) in [5, 5.41) is 0. The van der Waals surface area contributed by atoms with Gasteiger partial charge in [0.25, 0.3) is 0 Å². The number of hydrogen-bond donors (Lipinski definition) is 0. The summed E-state index contributed by atoms with van der Waals surface area (Å²) in [5.41, 5.74) is 0. The van der Waals surface area contributed by atoms with Crippen molar-refractivity contribution >= 4 is 51.4 Å². The van der Waals surface area contributed by atoms with Gasteiger partial charge in [-0.25, -0.2) is 0 Å². The first-order valence-electron chi connectivity index (χ1n) is 2.49. The summed E-state index contributed by atoms with van der Waals surface area (Å²) in [7, 11) is 0. The molecule has 3 heteroatoms. The van der Waals surface area contributed by atoms with Crippen LogP contribution in [0.4, 0.5) is 0 Å². The molecule has 1 aliphatic rings. The Labute approximate surface area is 92.3 Å². The first kappa shape index (κ1) is 9.56. The van der Waals surface area contributed by atoms with Crippen molar-refractivity contribution in [2.45, 2.75) is 19.6 Å². The second kappa shape index (κ2) is 3.66. The van der Waals surface area contributed by atoms with Gasteiger partial charge in [-0.3, -0.25) is 0 Å². The number of rotatable bonds is 0. The summed E-state index contributed by atoms with van der Waals surface area (Å²) in [6, 6.07) is 0. The molecular weight excluding hydrogens is 131 g/mol. The summed E-state index contributed by atoms with van der Waals surface area (Å²) < 4.78 is 10.2. The first-order valence-corrected chi connectivity index (χ1v) is 2.49. The molecule has 2 nitrogen and oxygen atoms in total. The SMILES string of the molecule is CC1(C)OCCO1.[K]. The Morgan fingerprint density at radius 3 is 1.62 bits per heavy atom. The second-order valence-electron chi connectivity index (χ2n) is 2.10. The first-order chi connectivity index (χ1) is 3.21. The van der Waals surface area contributed by atoms with E-state index in [9.17, 15) is 0 Å². The largest absolute Gasteiger partial charge is 0.348 e. The predicted octanol–water partition coefficient (Wildman–Crippen LogP) is 0.388. The van der Waals surface area contributed by atoms with Gasteiger partial charge in [-0.1, -0.05) is 0 Å². The Bertz CT molecular complexity index is 64.8. The van der Waals surface area contributed by atoms with E-state index in [-0.39, 0.29) is 57.2 Å². The average Bonchev–Trinajstić information content (AvgIpc) is 1.84. The van der Waals surface area contributed by atoms with Gasteiger partial charge in [0.15, 0.2) is 5.79 Å². The molecule has 0 aromatic rings. The second-order valence-corrected chi connectivity index (χ2v) is 2.10. The van der Waals surface area contributed by atoms with Crippen molar-refractivity contribution in [3.63, 3.8) is 0 Å². The topological polar surface area (TPSA) is 18.5 Å². The molecular formula is C5H10KO2. The standard InChI is InChI=1S/C5H10O2.K/c1-5(2)6-3-4-7-5;/h3-4H2,1-2H3;. The minimum Gasteiger partial charge on any atom is -0.348 e. The monoisotopic (exact) mass is 141 g/mol. The van der Waals surface area contributed by atoms with Crippen molar-refractivity contribution in [1.29, 1.82) is 0 Å². The zero-order valence-electron chi connectivity index (χ0n) is 5.73. The van der Waals surface area contributed by atoms with Gasteiger partial charge in [-0.05, 0) is 13.8 Å². The molecule has 1 rings (SSSR count). The molecule has 0 N–H and O–H groups in total. The predicted molar refractivity (Wildman–Crippen MR) is 31.7 cm³/mol. The fourth-order valence-electron chi connectivity index (χ4n) is 0.617. The smallest absolute Gasteiger partial charge is 0.162 e. The van der Waals surface area contributed by atoms with Crippen molar-refractivity contribution in [3.8, 4) is 0 Å². The Hall–Kier alpha value is 1.56. The third kappa shape index (κ3) is 2.91.